The van der Waals surface area contributed by atoms with Crippen LogP contribution in [0.5, 0.6) is 0 Å². The molecule has 0 unspecified atom stereocenters. The zero-order valence-corrected chi connectivity index (χ0v) is 13.3. The van der Waals surface area contributed by atoms with Crippen LogP contribution in [0.15, 0.2) is 42.7 Å². The van der Waals surface area contributed by atoms with Gasteiger partial charge in [0.05, 0.1) is 0 Å². The molecule has 10 heteroatoms. The number of hydrogen-bond donors (Lipinski definition) is 1. The summed E-state index contributed by atoms with van der Waals surface area (Å²) >= 11 is 1.24. The number of pyridine rings is 2. The number of rotatable bonds is 4. The van der Waals surface area contributed by atoms with Gasteiger partial charge in [0.1, 0.15) is 22.9 Å². The lowest BCUT2D eigenvalue weighted by Gasteiger charge is -2.08. The van der Waals surface area contributed by atoms with E-state index in [9.17, 15) is 18.0 Å². The number of carbonyl (C=O) groups is 1. The first-order valence-corrected chi connectivity index (χ1v) is 7.80. The second-order valence-electron chi connectivity index (χ2n) is 4.86. The molecule has 0 radical (unpaired) electrons. The van der Waals surface area contributed by atoms with Crippen LogP contribution in [0.2, 0.25) is 0 Å². The summed E-state index contributed by atoms with van der Waals surface area (Å²) in [6, 6.07) is 8.05. The van der Waals surface area contributed by atoms with E-state index in [2.05, 4.69) is 20.2 Å². The maximum atomic E-state index is 12.2. The van der Waals surface area contributed by atoms with Gasteiger partial charge in [-0.2, -0.15) is 13.2 Å². The van der Waals surface area contributed by atoms with E-state index in [1.54, 1.807) is 29.8 Å². The Balaban J connectivity index is 1.80. The summed E-state index contributed by atoms with van der Waals surface area (Å²) in [5.74, 6) is -0.906. The highest BCUT2D eigenvalue weighted by atomic mass is 32.1. The Morgan fingerprint density at radius 1 is 1.12 bits per heavy atom. The molecule has 0 aliphatic rings. The fourth-order valence-corrected chi connectivity index (χ4v) is 2.69. The van der Waals surface area contributed by atoms with Crippen LogP contribution in [0.1, 0.15) is 10.5 Å². The van der Waals surface area contributed by atoms with E-state index in [1.165, 1.54) is 23.5 Å². The minimum absolute atomic E-state index is 0.125. The molecule has 6 nitrogen and oxygen atoms in total. The summed E-state index contributed by atoms with van der Waals surface area (Å²) in [6.45, 7) is -1.41. The molecule has 0 aliphatic carbocycles. The molecule has 0 spiro atoms. The Bertz CT molecular complexity index is 882. The second-order valence-corrected chi connectivity index (χ2v) is 5.84. The van der Waals surface area contributed by atoms with Gasteiger partial charge in [0.2, 0.25) is 0 Å². The van der Waals surface area contributed by atoms with E-state index in [4.69, 9.17) is 0 Å². The van der Waals surface area contributed by atoms with Gasteiger partial charge in [0, 0.05) is 18.0 Å². The second kappa shape index (κ2) is 6.93. The first kappa shape index (κ1) is 17.0. The molecule has 0 aliphatic heterocycles. The molecule has 3 aromatic rings. The van der Waals surface area contributed by atoms with Gasteiger partial charge < -0.3 is 5.32 Å². The smallest absolute Gasteiger partial charge is 0.342 e. The Kier molecular flexibility index (Phi) is 4.70. The number of halogens is 3. The lowest BCUT2D eigenvalue weighted by atomic mass is 10.3. The number of nitrogens with zero attached hydrogens (tertiary/aromatic N) is 4. The number of aromatic nitrogens is 4. The van der Waals surface area contributed by atoms with Crippen molar-refractivity contribution < 1.29 is 18.0 Å². The van der Waals surface area contributed by atoms with Gasteiger partial charge in [0.25, 0.3) is 5.91 Å². The standard InChI is InChI=1S/C15H10F3N5OS/c16-15(17,18)8-20-12(24)10-4-1-5-11(21-10)14-23-22-13(25-14)9-3-2-6-19-7-9/h1-7H,8H2,(H,20,24). The molecular weight excluding hydrogens is 355 g/mol. The average molecular weight is 365 g/mol. The number of hydrogen-bond acceptors (Lipinski definition) is 6. The number of carbonyl (C=O) groups excluding carboxylic acids is 1. The Morgan fingerprint density at radius 2 is 1.92 bits per heavy atom. The van der Waals surface area contributed by atoms with Crippen LogP contribution in [-0.2, 0) is 0 Å². The molecule has 1 N–H and O–H groups in total. The molecule has 3 heterocycles. The lowest BCUT2D eigenvalue weighted by molar-refractivity contribution is -0.123. The molecule has 0 bridgehead atoms. The van der Waals surface area contributed by atoms with Crippen LogP contribution in [0.3, 0.4) is 0 Å². The monoisotopic (exact) mass is 365 g/mol. The molecule has 0 aromatic carbocycles. The van der Waals surface area contributed by atoms with E-state index in [0.717, 1.165) is 5.56 Å². The number of nitrogens with one attached hydrogen (secondary N) is 1. The molecule has 0 atom stereocenters. The van der Waals surface area contributed by atoms with E-state index in [0.29, 0.717) is 15.7 Å². The van der Waals surface area contributed by atoms with Gasteiger partial charge in [-0.3, -0.25) is 9.78 Å². The van der Waals surface area contributed by atoms with Crippen molar-refractivity contribution in [3.63, 3.8) is 0 Å². The van der Waals surface area contributed by atoms with Crippen molar-refractivity contribution in [1.29, 1.82) is 0 Å². The van der Waals surface area contributed by atoms with Crippen LogP contribution in [0.25, 0.3) is 21.3 Å². The van der Waals surface area contributed by atoms with E-state index in [1.807, 2.05) is 6.07 Å². The molecule has 0 saturated carbocycles. The van der Waals surface area contributed by atoms with Gasteiger partial charge in [-0.1, -0.05) is 17.4 Å². The zero-order valence-electron chi connectivity index (χ0n) is 12.5. The van der Waals surface area contributed by atoms with Crippen LogP contribution >= 0.6 is 11.3 Å². The first-order chi connectivity index (χ1) is 11.9. The maximum Gasteiger partial charge on any atom is 0.405 e. The molecule has 1 amide bonds. The minimum atomic E-state index is -4.48. The molecule has 128 valence electrons. The molecule has 0 saturated heterocycles. The van der Waals surface area contributed by atoms with E-state index in [-0.39, 0.29) is 5.69 Å². The molecular formula is C15H10F3N5OS. The third-order valence-electron chi connectivity index (χ3n) is 2.98. The van der Waals surface area contributed by atoms with Gasteiger partial charge in [-0.25, -0.2) is 4.98 Å². The fraction of sp³-hybridized carbons (Fsp3) is 0.133. The highest BCUT2D eigenvalue weighted by Crippen LogP contribution is 2.28. The summed E-state index contributed by atoms with van der Waals surface area (Å²) in [6.07, 6.45) is -1.21. The average Bonchev–Trinajstić information content (AvgIpc) is 3.10. The largest absolute Gasteiger partial charge is 0.405 e. The van der Waals surface area contributed by atoms with Crippen LogP contribution < -0.4 is 5.32 Å². The SMILES string of the molecule is O=C(NCC(F)(F)F)c1cccc(-c2nnc(-c3cccnc3)s2)n1. The number of alkyl halides is 3. The van der Waals surface area contributed by atoms with Crippen molar-refractivity contribution in [2.45, 2.75) is 6.18 Å². The van der Waals surface area contributed by atoms with Gasteiger partial charge in [-0.05, 0) is 24.3 Å². The zero-order chi connectivity index (χ0) is 17.9. The maximum absolute atomic E-state index is 12.2. The van der Waals surface area contributed by atoms with E-state index < -0.39 is 18.6 Å². The Labute approximate surface area is 143 Å². The van der Waals surface area contributed by atoms with Crippen molar-refractivity contribution in [2.24, 2.45) is 0 Å². The lowest BCUT2D eigenvalue weighted by Crippen LogP contribution is -2.34. The van der Waals surface area contributed by atoms with E-state index >= 15 is 0 Å². The van der Waals surface area contributed by atoms with Crippen molar-refractivity contribution in [1.82, 2.24) is 25.5 Å². The third-order valence-corrected chi connectivity index (χ3v) is 3.98. The molecule has 25 heavy (non-hydrogen) atoms. The first-order valence-electron chi connectivity index (χ1n) is 6.99. The van der Waals surface area contributed by atoms with Gasteiger partial charge in [-0.15, -0.1) is 10.2 Å². The van der Waals surface area contributed by atoms with Crippen molar-refractivity contribution in [3.05, 3.63) is 48.4 Å². The molecule has 3 aromatic heterocycles. The summed E-state index contributed by atoms with van der Waals surface area (Å²) in [7, 11) is 0. The molecule has 0 fully saturated rings. The quantitative estimate of drug-likeness (QED) is 0.769. The van der Waals surface area contributed by atoms with Gasteiger partial charge in [0.15, 0.2) is 5.01 Å². The number of amides is 1. The van der Waals surface area contributed by atoms with Crippen molar-refractivity contribution in [2.75, 3.05) is 6.54 Å². The highest BCUT2D eigenvalue weighted by Gasteiger charge is 2.28. The van der Waals surface area contributed by atoms with Crippen LogP contribution in [0, 0.1) is 0 Å². The third kappa shape index (κ3) is 4.35. The predicted octanol–water partition coefficient (Wildman–Crippen LogP) is 2.95. The predicted molar refractivity (Wildman–Crippen MR) is 84.8 cm³/mol. The Hall–Kier alpha value is -2.88. The topological polar surface area (TPSA) is 80.7 Å². The minimum Gasteiger partial charge on any atom is -0.342 e. The van der Waals surface area contributed by atoms with Crippen LogP contribution in [0.4, 0.5) is 13.2 Å². The van der Waals surface area contributed by atoms with Crippen molar-refractivity contribution in [3.8, 4) is 21.3 Å². The summed E-state index contributed by atoms with van der Waals surface area (Å²) in [5, 5.41) is 10.9. The summed E-state index contributed by atoms with van der Waals surface area (Å²) in [5.41, 5.74) is 1.01. The molecule has 3 rings (SSSR count). The highest BCUT2D eigenvalue weighted by molar-refractivity contribution is 7.17. The summed E-state index contributed by atoms with van der Waals surface area (Å²) in [4.78, 5) is 19.8. The van der Waals surface area contributed by atoms with Gasteiger partial charge >= 0.3 is 6.18 Å². The normalized spacial score (nSPS) is 11.3. The van der Waals surface area contributed by atoms with Crippen molar-refractivity contribution >= 4 is 17.2 Å². The van der Waals surface area contributed by atoms with Crippen LogP contribution in [-0.4, -0.2) is 38.8 Å². The Morgan fingerprint density at radius 3 is 2.64 bits per heavy atom. The fourth-order valence-electron chi connectivity index (χ4n) is 1.88. The summed E-state index contributed by atoms with van der Waals surface area (Å²) < 4.78 is 36.5.